The first kappa shape index (κ1) is 15.3. The predicted molar refractivity (Wildman–Crippen MR) is 78.2 cm³/mol. The maximum absolute atomic E-state index is 12.4. The zero-order chi connectivity index (χ0) is 14.5. The van der Waals surface area contributed by atoms with Crippen LogP contribution in [0.15, 0.2) is 0 Å². The van der Waals surface area contributed by atoms with Crippen molar-refractivity contribution in [1.29, 1.82) is 0 Å². The Bertz CT molecular complexity index is 359. The molecule has 114 valence electrons. The van der Waals surface area contributed by atoms with E-state index in [1.807, 2.05) is 4.90 Å². The van der Waals surface area contributed by atoms with Crippen LogP contribution in [-0.2, 0) is 9.59 Å². The SMILES string of the molecule is CNC(=O)C1CCCN(C(=O)CC2NCCCC2C)C1. The summed E-state index contributed by atoms with van der Waals surface area (Å²) in [6, 6.07) is 0.302. The van der Waals surface area contributed by atoms with Gasteiger partial charge in [0.2, 0.25) is 11.8 Å². The largest absolute Gasteiger partial charge is 0.359 e. The molecule has 5 nitrogen and oxygen atoms in total. The molecule has 0 aliphatic carbocycles. The molecule has 20 heavy (non-hydrogen) atoms. The molecule has 2 aliphatic rings. The Morgan fingerprint density at radius 2 is 2.10 bits per heavy atom. The second kappa shape index (κ2) is 7.07. The van der Waals surface area contributed by atoms with Crippen molar-refractivity contribution >= 4 is 11.8 Å². The number of carbonyl (C=O) groups excluding carboxylic acids is 2. The quantitative estimate of drug-likeness (QED) is 0.802. The molecular weight excluding hydrogens is 254 g/mol. The number of rotatable bonds is 3. The molecule has 3 atom stereocenters. The smallest absolute Gasteiger partial charge is 0.224 e. The summed E-state index contributed by atoms with van der Waals surface area (Å²) in [5.74, 6) is 0.790. The minimum atomic E-state index is -0.0329. The van der Waals surface area contributed by atoms with Gasteiger partial charge in [-0.15, -0.1) is 0 Å². The van der Waals surface area contributed by atoms with Crippen LogP contribution in [0.5, 0.6) is 0 Å². The molecule has 2 saturated heterocycles. The lowest BCUT2D eigenvalue weighted by molar-refractivity contribution is -0.136. The van der Waals surface area contributed by atoms with Gasteiger partial charge in [0.05, 0.1) is 5.92 Å². The highest BCUT2D eigenvalue weighted by atomic mass is 16.2. The van der Waals surface area contributed by atoms with E-state index in [1.165, 1.54) is 12.8 Å². The Kier molecular flexibility index (Phi) is 5.40. The summed E-state index contributed by atoms with van der Waals surface area (Å²) < 4.78 is 0. The molecule has 3 unspecified atom stereocenters. The van der Waals surface area contributed by atoms with Crippen LogP contribution in [0.4, 0.5) is 0 Å². The maximum Gasteiger partial charge on any atom is 0.224 e. The fraction of sp³-hybridized carbons (Fsp3) is 0.867. The van der Waals surface area contributed by atoms with E-state index in [2.05, 4.69) is 17.6 Å². The Balaban J connectivity index is 1.86. The van der Waals surface area contributed by atoms with Crippen LogP contribution < -0.4 is 10.6 Å². The Morgan fingerprint density at radius 1 is 1.30 bits per heavy atom. The number of piperidine rings is 2. The number of nitrogens with one attached hydrogen (secondary N) is 2. The molecule has 5 heteroatoms. The second-order valence-corrected chi connectivity index (χ2v) is 6.18. The average molecular weight is 281 g/mol. The highest BCUT2D eigenvalue weighted by molar-refractivity contribution is 5.81. The molecule has 0 saturated carbocycles. The van der Waals surface area contributed by atoms with Crippen LogP contribution in [0.25, 0.3) is 0 Å². The molecule has 0 spiro atoms. The van der Waals surface area contributed by atoms with Crippen LogP contribution in [0.3, 0.4) is 0 Å². The minimum absolute atomic E-state index is 0.0329. The van der Waals surface area contributed by atoms with E-state index in [0.29, 0.717) is 24.9 Å². The molecule has 2 heterocycles. The summed E-state index contributed by atoms with van der Waals surface area (Å²) in [5, 5.41) is 6.15. The van der Waals surface area contributed by atoms with E-state index < -0.39 is 0 Å². The van der Waals surface area contributed by atoms with E-state index in [4.69, 9.17) is 0 Å². The van der Waals surface area contributed by atoms with Crippen LogP contribution >= 0.6 is 0 Å². The molecule has 2 fully saturated rings. The van der Waals surface area contributed by atoms with Gasteiger partial charge in [0.25, 0.3) is 0 Å². The molecule has 0 aromatic heterocycles. The van der Waals surface area contributed by atoms with Gasteiger partial charge in [0.1, 0.15) is 0 Å². The monoisotopic (exact) mass is 281 g/mol. The maximum atomic E-state index is 12.4. The third-order valence-electron chi connectivity index (χ3n) is 4.72. The van der Waals surface area contributed by atoms with Gasteiger partial charge < -0.3 is 15.5 Å². The molecule has 0 bridgehead atoms. The third-order valence-corrected chi connectivity index (χ3v) is 4.72. The van der Waals surface area contributed by atoms with Gasteiger partial charge in [-0.05, 0) is 38.1 Å². The van der Waals surface area contributed by atoms with Gasteiger partial charge in [0.15, 0.2) is 0 Å². The molecule has 0 aromatic rings. The molecule has 0 radical (unpaired) electrons. The van der Waals surface area contributed by atoms with Crippen LogP contribution in [0.2, 0.25) is 0 Å². The summed E-state index contributed by atoms with van der Waals surface area (Å²) in [5.41, 5.74) is 0. The van der Waals surface area contributed by atoms with Crippen molar-refractivity contribution in [3.8, 4) is 0 Å². The fourth-order valence-electron chi connectivity index (χ4n) is 3.33. The standard InChI is InChI=1S/C15H27N3O2/c1-11-5-3-7-17-13(11)9-14(19)18-8-4-6-12(10-18)15(20)16-2/h11-13,17H,3-10H2,1-2H3,(H,16,20). The fourth-order valence-corrected chi connectivity index (χ4v) is 3.33. The van der Waals surface area contributed by atoms with E-state index in [1.54, 1.807) is 7.05 Å². The van der Waals surface area contributed by atoms with Crippen molar-refractivity contribution in [3.63, 3.8) is 0 Å². The topological polar surface area (TPSA) is 61.4 Å². The molecular formula is C15H27N3O2. The van der Waals surface area contributed by atoms with Crippen molar-refractivity contribution in [2.24, 2.45) is 11.8 Å². The zero-order valence-corrected chi connectivity index (χ0v) is 12.7. The van der Waals surface area contributed by atoms with Crippen LogP contribution in [0, 0.1) is 11.8 Å². The van der Waals surface area contributed by atoms with Crippen molar-refractivity contribution in [3.05, 3.63) is 0 Å². The molecule has 0 aromatic carbocycles. The van der Waals surface area contributed by atoms with Crippen molar-refractivity contribution in [2.45, 2.75) is 45.1 Å². The first-order chi connectivity index (χ1) is 9.61. The van der Waals surface area contributed by atoms with Gasteiger partial charge in [-0.3, -0.25) is 9.59 Å². The number of carbonyl (C=O) groups is 2. The highest BCUT2D eigenvalue weighted by Crippen LogP contribution is 2.21. The normalized spacial score (nSPS) is 30.9. The summed E-state index contributed by atoms with van der Waals surface area (Å²) in [7, 11) is 1.66. The number of hydrogen-bond acceptors (Lipinski definition) is 3. The lowest BCUT2D eigenvalue weighted by Gasteiger charge is -2.35. The zero-order valence-electron chi connectivity index (χ0n) is 12.7. The Morgan fingerprint density at radius 3 is 2.80 bits per heavy atom. The highest BCUT2D eigenvalue weighted by Gasteiger charge is 2.30. The van der Waals surface area contributed by atoms with Gasteiger partial charge in [-0.25, -0.2) is 0 Å². The van der Waals surface area contributed by atoms with Gasteiger partial charge >= 0.3 is 0 Å². The molecule has 2 rings (SSSR count). The van der Waals surface area contributed by atoms with Gasteiger partial charge in [-0.2, -0.15) is 0 Å². The Labute approximate surface area is 121 Å². The van der Waals surface area contributed by atoms with E-state index in [0.717, 1.165) is 25.9 Å². The van der Waals surface area contributed by atoms with Gasteiger partial charge in [-0.1, -0.05) is 6.92 Å². The third kappa shape index (κ3) is 3.72. The average Bonchev–Trinajstić information content (AvgIpc) is 2.49. The lowest BCUT2D eigenvalue weighted by atomic mass is 9.89. The van der Waals surface area contributed by atoms with E-state index in [9.17, 15) is 9.59 Å². The van der Waals surface area contributed by atoms with Crippen molar-refractivity contribution in [2.75, 3.05) is 26.7 Å². The van der Waals surface area contributed by atoms with Crippen LogP contribution in [0.1, 0.15) is 39.0 Å². The summed E-state index contributed by atoms with van der Waals surface area (Å²) in [4.78, 5) is 26.0. The first-order valence-electron chi connectivity index (χ1n) is 7.84. The number of amides is 2. The number of hydrogen-bond donors (Lipinski definition) is 2. The summed E-state index contributed by atoms with van der Waals surface area (Å²) in [6.45, 7) is 4.61. The first-order valence-corrected chi connectivity index (χ1v) is 7.84. The summed E-state index contributed by atoms with van der Waals surface area (Å²) in [6.07, 6.45) is 4.79. The Hall–Kier alpha value is -1.10. The van der Waals surface area contributed by atoms with Gasteiger partial charge in [0, 0.05) is 32.6 Å². The van der Waals surface area contributed by atoms with Crippen LogP contribution in [-0.4, -0.2) is 49.4 Å². The number of nitrogens with zero attached hydrogens (tertiary/aromatic N) is 1. The predicted octanol–water partition coefficient (Wildman–Crippen LogP) is 0.749. The summed E-state index contributed by atoms with van der Waals surface area (Å²) >= 11 is 0. The van der Waals surface area contributed by atoms with Crippen molar-refractivity contribution < 1.29 is 9.59 Å². The van der Waals surface area contributed by atoms with E-state index >= 15 is 0 Å². The molecule has 2 amide bonds. The molecule has 2 aliphatic heterocycles. The van der Waals surface area contributed by atoms with E-state index in [-0.39, 0.29) is 17.7 Å². The van der Waals surface area contributed by atoms with Crippen molar-refractivity contribution in [1.82, 2.24) is 15.5 Å². The number of likely N-dealkylation sites (tertiary alicyclic amines) is 1. The molecule has 2 N–H and O–H groups in total. The second-order valence-electron chi connectivity index (χ2n) is 6.18. The lowest BCUT2D eigenvalue weighted by Crippen LogP contribution is -2.48. The minimum Gasteiger partial charge on any atom is -0.359 e.